The number of nitrogens with two attached hydrogens (primary N) is 4. The smallest absolute Gasteiger partial charge is 0.323 e. The van der Waals surface area contributed by atoms with E-state index in [1.54, 1.807) is 43.3 Å². The summed E-state index contributed by atoms with van der Waals surface area (Å²) in [4.78, 5) is 12.3. The molecular formula is C21H28N10O. The molecule has 0 heterocycles. The van der Waals surface area contributed by atoms with Gasteiger partial charge in [-0.3, -0.25) is 0 Å². The van der Waals surface area contributed by atoms with E-state index in [1.807, 2.05) is 19.1 Å². The zero-order valence-corrected chi connectivity index (χ0v) is 18.0. The fourth-order valence-electron chi connectivity index (χ4n) is 2.63. The Morgan fingerprint density at radius 2 is 1.22 bits per heavy atom. The Kier molecular flexibility index (Phi) is 8.72. The summed E-state index contributed by atoms with van der Waals surface area (Å²) in [6, 6.07) is 14.0. The summed E-state index contributed by atoms with van der Waals surface area (Å²) >= 11 is 0. The standard InChI is InChI=1S/C21H28N10O/c1-3-4-18(29-31-20(24)25)15-7-11-17(12-8-15)27-21(32)26-16-9-5-14(6-10-16)13(2)28-30-19(22)23/h5-12H,3-4H2,1-2H3,(H4,22,23,30)(H4,24,25,31)(H2,26,27,32)/b28-13-,29-18-. The van der Waals surface area contributed by atoms with Crippen LogP contribution in [0.2, 0.25) is 0 Å². The number of guanidine groups is 2. The molecule has 0 aliphatic carbocycles. The number of hydrogen-bond donors (Lipinski definition) is 6. The van der Waals surface area contributed by atoms with E-state index in [2.05, 4.69) is 31.0 Å². The average molecular weight is 437 g/mol. The van der Waals surface area contributed by atoms with Crippen LogP contribution in [0, 0.1) is 0 Å². The Hall–Kier alpha value is -4.41. The van der Waals surface area contributed by atoms with Crippen molar-refractivity contribution in [3.63, 3.8) is 0 Å². The highest BCUT2D eigenvalue weighted by Crippen LogP contribution is 2.15. The molecule has 0 aromatic heterocycles. The van der Waals surface area contributed by atoms with Gasteiger partial charge in [-0.15, -0.1) is 10.2 Å². The SMILES string of the molecule is CCC/C(=N/N=C(N)N)c1ccc(NC(=O)Nc2ccc(/C(C)=N\N=C(N)N)cc2)cc1. The van der Waals surface area contributed by atoms with Crippen molar-refractivity contribution in [2.45, 2.75) is 26.7 Å². The summed E-state index contributed by atoms with van der Waals surface area (Å²) in [5, 5.41) is 20.9. The molecule has 0 aliphatic heterocycles. The van der Waals surface area contributed by atoms with Crippen molar-refractivity contribution in [2.75, 3.05) is 10.6 Å². The number of nitrogens with zero attached hydrogens (tertiary/aromatic N) is 4. The molecule has 2 rings (SSSR count). The first-order chi connectivity index (χ1) is 15.3. The van der Waals surface area contributed by atoms with Gasteiger partial charge in [0.1, 0.15) is 0 Å². The van der Waals surface area contributed by atoms with Gasteiger partial charge in [0.05, 0.1) is 11.4 Å². The molecule has 0 spiro atoms. The number of carbonyl (C=O) groups excluding carboxylic acids is 1. The molecule has 0 unspecified atom stereocenters. The highest BCUT2D eigenvalue weighted by atomic mass is 16.2. The lowest BCUT2D eigenvalue weighted by Gasteiger charge is -2.10. The van der Waals surface area contributed by atoms with Crippen molar-refractivity contribution in [3.05, 3.63) is 59.7 Å². The molecule has 2 amide bonds. The molecule has 10 N–H and O–H groups in total. The third-order valence-electron chi connectivity index (χ3n) is 4.12. The van der Waals surface area contributed by atoms with Gasteiger partial charge in [-0.2, -0.15) is 10.2 Å². The molecule has 0 atom stereocenters. The number of carbonyl (C=O) groups is 1. The van der Waals surface area contributed by atoms with Crippen LogP contribution in [0.4, 0.5) is 16.2 Å². The van der Waals surface area contributed by atoms with Crippen molar-refractivity contribution < 1.29 is 4.79 Å². The number of anilines is 2. The van der Waals surface area contributed by atoms with Gasteiger partial charge in [-0.1, -0.05) is 37.6 Å². The fourth-order valence-corrected chi connectivity index (χ4v) is 2.63. The minimum absolute atomic E-state index is 0.0993. The molecule has 168 valence electrons. The summed E-state index contributed by atoms with van der Waals surface area (Å²) < 4.78 is 0. The predicted octanol–water partition coefficient (Wildman–Crippen LogP) is 2.11. The van der Waals surface area contributed by atoms with Gasteiger partial charge in [0.2, 0.25) is 11.9 Å². The van der Waals surface area contributed by atoms with Crippen molar-refractivity contribution in [3.8, 4) is 0 Å². The van der Waals surface area contributed by atoms with Gasteiger partial charge >= 0.3 is 6.03 Å². The molecule has 0 aliphatic rings. The summed E-state index contributed by atoms with van der Waals surface area (Å²) in [6.45, 7) is 3.81. The number of nitrogens with one attached hydrogen (secondary N) is 2. The molecule has 2 aromatic rings. The average Bonchev–Trinajstić information content (AvgIpc) is 2.76. The molecule has 11 nitrogen and oxygen atoms in total. The van der Waals surface area contributed by atoms with E-state index in [9.17, 15) is 4.79 Å². The Bertz CT molecular complexity index is 1030. The largest absolute Gasteiger partial charge is 0.369 e. The molecule has 32 heavy (non-hydrogen) atoms. The second-order valence-corrected chi connectivity index (χ2v) is 6.77. The first-order valence-corrected chi connectivity index (χ1v) is 9.86. The van der Waals surface area contributed by atoms with E-state index in [0.29, 0.717) is 17.1 Å². The van der Waals surface area contributed by atoms with Crippen molar-refractivity contribution in [2.24, 2.45) is 43.3 Å². The summed E-state index contributed by atoms with van der Waals surface area (Å²) in [5.74, 6) is -0.215. The lowest BCUT2D eigenvalue weighted by Crippen LogP contribution is -2.22. The first kappa shape index (κ1) is 23.9. The van der Waals surface area contributed by atoms with Gasteiger partial charge in [-0.25, -0.2) is 4.79 Å². The normalized spacial score (nSPS) is 11.4. The number of hydrogen-bond acceptors (Lipinski definition) is 5. The summed E-state index contributed by atoms with van der Waals surface area (Å²) in [6.07, 6.45) is 1.61. The van der Waals surface area contributed by atoms with E-state index >= 15 is 0 Å². The Balaban J connectivity index is 2.01. The van der Waals surface area contributed by atoms with Crippen LogP contribution in [0.25, 0.3) is 0 Å². The highest BCUT2D eigenvalue weighted by Gasteiger charge is 2.06. The molecule has 0 fully saturated rings. The molecule has 0 saturated heterocycles. The van der Waals surface area contributed by atoms with Gasteiger partial charge in [0, 0.05) is 11.4 Å². The van der Waals surface area contributed by atoms with Crippen molar-refractivity contribution in [1.29, 1.82) is 0 Å². The Labute approximate surface area is 186 Å². The first-order valence-electron chi connectivity index (χ1n) is 9.86. The van der Waals surface area contributed by atoms with Crippen LogP contribution in [0.3, 0.4) is 0 Å². The van der Waals surface area contributed by atoms with E-state index in [1.165, 1.54) is 0 Å². The van der Waals surface area contributed by atoms with Gasteiger partial charge in [0.25, 0.3) is 0 Å². The van der Waals surface area contributed by atoms with Crippen LogP contribution in [-0.4, -0.2) is 29.4 Å². The van der Waals surface area contributed by atoms with Gasteiger partial charge < -0.3 is 33.6 Å². The third-order valence-corrected chi connectivity index (χ3v) is 4.12. The van der Waals surface area contributed by atoms with Crippen LogP contribution in [0.1, 0.15) is 37.8 Å². The van der Waals surface area contributed by atoms with E-state index in [0.717, 1.165) is 29.7 Å². The maximum Gasteiger partial charge on any atom is 0.323 e. The maximum atomic E-state index is 12.3. The predicted molar refractivity (Wildman–Crippen MR) is 131 cm³/mol. The van der Waals surface area contributed by atoms with Crippen LogP contribution in [0.5, 0.6) is 0 Å². The van der Waals surface area contributed by atoms with Crippen LogP contribution in [-0.2, 0) is 0 Å². The number of rotatable bonds is 8. The maximum absolute atomic E-state index is 12.3. The second-order valence-electron chi connectivity index (χ2n) is 6.77. The second kappa shape index (κ2) is 11.7. The summed E-state index contributed by atoms with van der Waals surface area (Å²) in [7, 11) is 0. The molecule has 0 bridgehead atoms. The molecule has 0 saturated carbocycles. The number of benzene rings is 2. The minimum atomic E-state index is -0.376. The zero-order chi connectivity index (χ0) is 23.5. The van der Waals surface area contributed by atoms with Crippen molar-refractivity contribution >= 4 is 40.7 Å². The molecular weight excluding hydrogens is 408 g/mol. The van der Waals surface area contributed by atoms with Gasteiger partial charge in [-0.05, 0) is 48.7 Å². The van der Waals surface area contributed by atoms with Gasteiger partial charge in [0.15, 0.2) is 0 Å². The molecule has 11 heteroatoms. The fraction of sp³-hybridized carbons (Fsp3) is 0.190. The number of amides is 2. The quantitative estimate of drug-likeness (QED) is 0.209. The van der Waals surface area contributed by atoms with E-state index < -0.39 is 0 Å². The lowest BCUT2D eigenvalue weighted by molar-refractivity contribution is 0.262. The summed E-state index contributed by atoms with van der Waals surface area (Å²) in [5.41, 5.74) is 25.6. The molecule has 2 aromatic carbocycles. The lowest BCUT2D eigenvalue weighted by atomic mass is 10.1. The third kappa shape index (κ3) is 7.78. The Morgan fingerprint density at radius 1 is 0.750 bits per heavy atom. The minimum Gasteiger partial charge on any atom is -0.369 e. The highest BCUT2D eigenvalue weighted by molar-refractivity contribution is 6.03. The number of urea groups is 1. The Morgan fingerprint density at radius 3 is 1.69 bits per heavy atom. The zero-order valence-electron chi connectivity index (χ0n) is 18.0. The van der Waals surface area contributed by atoms with Crippen LogP contribution < -0.4 is 33.6 Å². The van der Waals surface area contributed by atoms with Crippen LogP contribution >= 0.6 is 0 Å². The topological polar surface area (TPSA) is 195 Å². The van der Waals surface area contributed by atoms with Crippen LogP contribution in [0.15, 0.2) is 68.9 Å². The van der Waals surface area contributed by atoms with Crippen molar-refractivity contribution in [1.82, 2.24) is 0 Å². The van der Waals surface area contributed by atoms with E-state index in [4.69, 9.17) is 22.9 Å². The van der Waals surface area contributed by atoms with E-state index in [-0.39, 0.29) is 18.0 Å². The molecule has 0 radical (unpaired) electrons. The monoisotopic (exact) mass is 436 g/mol.